The number of anilines is 1. The molecule has 0 saturated heterocycles. The lowest BCUT2D eigenvalue weighted by molar-refractivity contribution is 0.101. The molecule has 1 aromatic carbocycles. The number of nitrogens with zero attached hydrogens (tertiary/aromatic N) is 3. The second-order valence-corrected chi connectivity index (χ2v) is 8.94. The van der Waals surface area contributed by atoms with E-state index < -0.39 is 5.91 Å². The Bertz CT molecular complexity index is 1140. The largest absolute Gasteiger partial charge is 0.374 e. The lowest BCUT2D eigenvalue weighted by atomic mass is 10.1. The van der Waals surface area contributed by atoms with Crippen LogP contribution in [0.25, 0.3) is 5.82 Å². The highest BCUT2D eigenvalue weighted by Crippen LogP contribution is 2.31. The maximum Gasteiger partial charge on any atom is 0.274 e. The number of benzene rings is 1. The van der Waals surface area contributed by atoms with Gasteiger partial charge in [0.2, 0.25) is 0 Å². The Balaban J connectivity index is 2.02. The van der Waals surface area contributed by atoms with Gasteiger partial charge < -0.3 is 10.6 Å². The van der Waals surface area contributed by atoms with Gasteiger partial charge in [-0.25, -0.2) is 9.67 Å². The summed E-state index contributed by atoms with van der Waals surface area (Å²) < 4.78 is 1.78. The number of nitrogens with one attached hydrogen (secondary N) is 2. The molecule has 0 spiro atoms. The van der Waals surface area contributed by atoms with Gasteiger partial charge in [-0.15, -0.1) is 0 Å². The van der Waals surface area contributed by atoms with Crippen LogP contribution in [-0.2, 0) is 0 Å². The molecule has 0 radical (unpaired) electrons. The van der Waals surface area contributed by atoms with Crippen LogP contribution in [0.15, 0.2) is 41.1 Å². The smallest absolute Gasteiger partial charge is 0.274 e. The number of carbonyl (C=O) groups is 1. The molecule has 0 aliphatic rings. The summed E-state index contributed by atoms with van der Waals surface area (Å²) in [4.78, 5) is 17.8. The first-order valence-electron chi connectivity index (χ1n) is 8.65. The van der Waals surface area contributed by atoms with Gasteiger partial charge in [0.1, 0.15) is 15.3 Å². The fraction of sp³-hybridized carbons (Fsp3) is 0.158. The molecule has 30 heavy (non-hydrogen) atoms. The Morgan fingerprint density at radius 3 is 2.60 bits per heavy atom. The van der Waals surface area contributed by atoms with E-state index in [4.69, 9.17) is 47.0 Å². The summed E-state index contributed by atoms with van der Waals surface area (Å²) in [7, 11) is 0. The Morgan fingerprint density at radius 1 is 1.20 bits per heavy atom. The molecule has 2 aromatic heterocycles. The average molecular weight is 548 g/mol. The van der Waals surface area contributed by atoms with Crippen molar-refractivity contribution in [3.05, 3.63) is 67.5 Å². The van der Waals surface area contributed by atoms with Crippen molar-refractivity contribution in [1.82, 2.24) is 20.1 Å². The lowest BCUT2D eigenvalue weighted by Gasteiger charge is -2.17. The lowest BCUT2D eigenvalue weighted by Crippen LogP contribution is -2.30. The van der Waals surface area contributed by atoms with Crippen LogP contribution in [0.2, 0.25) is 15.1 Å². The summed E-state index contributed by atoms with van der Waals surface area (Å²) in [6, 6.07) is 8.15. The molecule has 0 aliphatic carbocycles. The monoisotopic (exact) mass is 545 g/mol. The number of pyridine rings is 1. The first kappa shape index (κ1) is 23.0. The van der Waals surface area contributed by atoms with Gasteiger partial charge in [0.15, 0.2) is 5.82 Å². The Morgan fingerprint density at radius 2 is 1.93 bits per heavy atom. The van der Waals surface area contributed by atoms with Crippen LogP contribution in [0, 0.1) is 0 Å². The molecule has 0 bridgehead atoms. The van der Waals surface area contributed by atoms with E-state index in [0.717, 1.165) is 0 Å². The first-order chi connectivity index (χ1) is 14.2. The zero-order valence-corrected chi connectivity index (χ0v) is 20.4. The fourth-order valence-corrected chi connectivity index (χ4v) is 4.12. The predicted octanol–water partition coefficient (Wildman–Crippen LogP) is 5.92. The molecule has 156 valence electrons. The zero-order valence-electron chi connectivity index (χ0n) is 15.7. The second-order valence-electron chi connectivity index (χ2n) is 6.47. The van der Waals surface area contributed by atoms with Gasteiger partial charge in [-0.3, -0.25) is 4.79 Å². The maximum absolute atomic E-state index is 13.1. The van der Waals surface area contributed by atoms with Crippen molar-refractivity contribution in [2.24, 2.45) is 0 Å². The summed E-state index contributed by atoms with van der Waals surface area (Å²) >= 11 is 27.5. The highest BCUT2D eigenvalue weighted by atomic mass is 79.9. The van der Waals surface area contributed by atoms with Crippen LogP contribution < -0.4 is 10.6 Å². The summed E-state index contributed by atoms with van der Waals surface area (Å²) in [5.74, 6) is -0.165. The van der Waals surface area contributed by atoms with Gasteiger partial charge in [0.05, 0.1) is 15.7 Å². The number of amides is 1. The number of hydrogen-bond acceptors (Lipinski definition) is 4. The molecule has 2 N–H and O–H groups in total. The minimum Gasteiger partial charge on any atom is -0.374 e. The van der Waals surface area contributed by atoms with Crippen molar-refractivity contribution in [2.75, 3.05) is 5.32 Å². The highest BCUT2D eigenvalue weighted by molar-refractivity contribution is 9.10. The van der Waals surface area contributed by atoms with Crippen LogP contribution in [0.3, 0.4) is 0 Å². The van der Waals surface area contributed by atoms with E-state index in [-0.39, 0.29) is 16.8 Å². The number of hydrogen-bond donors (Lipinski definition) is 2. The van der Waals surface area contributed by atoms with Crippen molar-refractivity contribution in [2.45, 2.75) is 19.9 Å². The van der Waals surface area contributed by atoms with E-state index in [1.54, 1.807) is 30.5 Å². The molecular formula is C19H15BrCl3N5OS. The zero-order chi connectivity index (χ0) is 22.0. The SMILES string of the molecule is CC(C)NC(=S)c1cc(Cl)cc(Cl)c1NC(=O)c1cc(Br)nn1-c1ncccc1Cl. The van der Waals surface area contributed by atoms with E-state index in [1.807, 2.05) is 13.8 Å². The Labute approximate surface area is 202 Å². The number of thiocarbonyl (C=S) groups is 1. The van der Waals surface area contributed by atoms with Crippen LogP contribution in [0.5, 0.6) is 0 Å². The van der Waals surface area contributed by atoms with Crippen molar-refractivity contribution in [3.8, 4) is 5.82 Å². The van der Waals surface area contributed by atoms with E-state index in [9.17, 15) is 4.79 Å². The molecule has 6 nitrogen and oxygen atoms in total. The Hall–Kier alpha value is -1.71. The summed E-state index contributed by atoms with van der Waals surface area (Å²) in [6.45, 7) is 3.90. The van der Waals surface area contributed by atoms with Gasteiger partial charge >= 0.3 is 0 Å². The third-order valence-electron chi connectivity index (χ3n) is 3.81. The number of carbonyl (C=O) groups excluding carboxylic acids is 1. The quantitative estimate of drug-likeness (QED) is 0.388. The van der Waals surface area contributed by atoms with Crippen LogP contribution in [0.4, 0.5) is 5.69 Å². The van der Waals surface area contributed by atoms with Crippen LogP contribution >= 0.6 is 63.0 Å². The average Bonchev–Trinajstić information content (AvgIpc) is 3.05. The molecule has 0 unspecified atom stereocenters. The molecule has 1 amide bonds. The molecule has 0 atom stereocenters. The molecule has 3 rings (SSSR count). The number of aromatic nitrogens is 3. The molecule has 0 fully saturated rings. The molecule has 11 heteroatoms. The fourth-order valence-electron chi connectivity index (χ4n) is 2.61. The molecule has 0 saturated carbocycles. The molecular weight excluding hydrogens is 533 g/mol. The third kappa shape index (κ3) is 5.12. The van der Waals surface area contributed by atoms with E-state index in [0.29, 0.717) is 36.7 Å². The Kier molecular flexibility index (Phi) is 7.36. The van der Waals surface area contributed by atoms with Gasteiger partial charge in [-0.1, -0.05) is 47.0 Å². The number of halogens is 4. The van der Waals surface area contributed by atoms with Gasteiger partial charge in [0, 0.05) is 28.9 Å². The highest BCUT2D eigenvalue weighted by Gasteiger charge is 2.22. The van der Waals surface area contributed by atoms with Crippen molar-refractivity contribution in [3.63, 3.8) is 0 Å². The first-order valence-corrected chi connectivity index (χ1v) is 11.0. The van der Waals surface area contributed by atoms with E-state index >= 15 is 0 Å². The van der Waals surface area contributed by atoms with Gasteiger partial charge in [0.25, 0.3) is 5.91 Å². The van der Waals surface area contributed by atoms with E-state index in [1.165, 1.54) is 10.7 Å². The van der Waals surface area contributed by atoms with Crippen LogP contribution in [-0.4, -0.2) is 31.7 Å². The molecule has 3 aromatic rings. The summed E-state index contributed by atoms with van der Waals surface area (Å²) in [5.41, 5.74) is 1.04. The topological polar surface area (TPSA) is 71.8 Å². The van der Waals surface area contributed by atoms with Crippen molar-refractivity contribution < 1.29 is 4.79 Å². The second kappa shape index (κ2) is 9.62. The van der Waals surface area contributed by atoms with Crippen molar-refractivity contribution >= 4 is 79.5 Å². The third-order valence-corrected chi connectivity index (χ3v) is 5.35. The molecule has 0 aliphatic heterocycles. The minimum atomic E-state index is -0.479. The van der Waals surface area contributed by atoms with Gasteiger partial charge in [-0.2, -0.15) is 5.10 Å². The normalized spacial score (nSPS) is 10.9. The van der Waals surface area contributed by atoms with Gasteiger partial charge in [-0.05, 0) is 54.0 Å². The van der Waals surface area contributed by atoms with Crippen LogP contribution in [0.1, 0.15) is 29.9 Å². The number of rotatable bonds is 5. The standard InChI is InChI=1S/C19H15BrCl3N5OS/c1-9(2)25-19(30)11-6-10(21)7-13(23)16(11)26-18(29)14-8-15(20)27-28(14)17-12(22)4-3-5-24-17/h3-9H,1-2H3,(H,25,30)(H,26,29). The summed E-state index contributed by atoms with van der Waals surface area (Å²) in [5, 5.41) is 11.2. The van der Waals surface area contributed by atoms with Crippen molar-refractivity contribution in [1.29, 1.82) is 0 Å². The van der Waals surface area contributed by atoms with E-state index in [2.05, 4.69) is 36.6 Å². The minimum absolute atomic E-state index is 0.0856. The maximum atomic E-state index is 13.1. The summed E-state index contributed by atoms with van der Waals surface area (Å²) in [6.07, 6.45) is 1.56. The predicted molar refractivity (Wildman–Crippen MR) is 128 cm³/mol. The molecule has 2 heterocycles.